The minimum absolute atomic E-state index is 0.680. The molecule has 100 heavy (non-hydrogen) atoms. The fraction of sp³-hybridized carbons (Fsp3) is 0.543. The van der Waals surface area contributed by atoms with Crippen molar-refractivity contribution in [2.24, 2.45) is 0 Å². The molecule has 2 aromatic heterocycles. The Labute approximate surface area is 614 Å². The molecule has 0 aliphatic carbocycles. The van der Waals surface area contributed by atoms with E-state index in [1.807, 2.05) is 109 Å². The molecule has 0 aliphatic heterocycles. The molecule has 0 atom stereocenters. The van der Waals surface area contributed by atoms with Crippen LogP contribution in [0.4, 0.5) is 0 Å². The fourth-order valence-corrected chi connectivity index (χ4v) is 16.8. The first-order valence-corrected chi connectivity index (χ1v) is 42.0. The molecule has 0 saturated heterocycles. The Kier molecular flexibility index (Phi) is 37.2. The van der Waals surface area contributed by atoms with Crippen LogP contribution in [0.3, 0.4) is 0 Å². The van der Waals surface area contributed by atoms with E-state index in [0.717, 1.165) is 112 Å². The summed E-state index contributed by atoms with van der Waals surface area (Å²) in [5, 5.41) is 27.5. The van der Waals surface area contributed by atoms with E-state index in [1.165, 1.54) is 231 Å². The van der Waals surface area contributed by atoms with E-state index >= 15 is 0 Å². The molecule has 8 heteroatoms. The number of benzene rings is 6. The summed E-state index contributed by atoms with van der Waals surface area (Å²) in [6.45, 7) is 11.8. The molecule has 8 aromatic rings. The maximum atomic E-state index is 13.7. The zero-order valence-corrected chi connectivity index (χ0v) is 64.1. The summed E-state index contributed by atoms with van der Waals surface area (Å²) in [4.78, 5) is 2.15. The highest BCUT2D eigenvalue weighted by Crippen LogP contribution is 2.50. The molecule has 2 heterocycles. The van der Waals surface area contributed by atoms with Gasteiger partial charge in [0.05, 0.1) is 26.4 Å². The zero-order chi connectivity index (χ0) is 70.0. The summed E-state index contributed by atoms with van der Waals surface area (Å²) in [6.07, 6.45) is 51.4. The van der Waals surface area contributed by atoms with Gasteiger partial charge in [-0.2, -0.15) is 0 Å². The van der Waals surface area contributed by atoms with Crippen LogP contribution in [0.2, 0.25) is 0 Å². The average Bonchev–Trinajstić information content (AvgIpc) is 1.25. The first kappa shape index (κ1) is 79.8. The number of aliphatic hydroxyl groups is 2. The highest BCUT2D eigenvalue weighted by atomic mass is 32.1. The summed E-state index contributed by atoms with van der Waals surface area (Å²) in [5.41, 5.74) is 3.63. The summed E-state index contributed by atoms with van der Waals surface area (Å²) >= 11 is 3.49. The molecule has 0 saturated carbocycles. The third-order valence-corrected chi connectivity index (χ3v) is 22.9. The lowest BCUT2D eigenvalue weighted by Crippen LogP contribution is -2.29. The van der Waals surface area contributed by atoms with Crippen molar-refractivity contribution in [1.82, 2.24) is 0 Å². The lowest BCUT2D eigenvalue weighted by atomic mass is 9.78. The van der Waals surface area contributed by atoms with Crippen molar-refractivity contribution in [1.29, 1.82) is 0 Å². The van der Waals surface area contributed by atoms with Crippen molar-refractivity contribution >= 4 is 32.1 Å². The van der Waals surface area contributed by atoms with Gasteiger partial charge in [0, 0.05) is 30.3 Å². The Hall–Kier alpha value is -5.90. The van der Waals surface area contributed by atoms with Gasteiger partial charge < -0.3 is 29.2 Å². The van der Waals surface area contributed by atoms with Gasteiger partial charge in [-0.1, -0.05) is 356 Å². The van der Waals surface area contributed by atoms with Crippen molar-refractivity contribution < 1.29 is 29.2 Å². The van der Waals surface area contributed by atoms with Crippen molar-refractivity contribution in [3.8, 4) is 43.9 Å². The van der Waals surface area contributed by atoms with E-state index in [4.69, 9.17) is 18.9 Å². The lowest BCUT2D eigenvalue weighted by Gasteiger charge is -2.32. The van der Waals surface area contributed by atoms with Gasteiger partial charge in [0.2, 0.25) is 0 Å². The van der Waals surface area contributed by atoms with Crippen LogP contribution in [0.25, 0.3) is 30.3 Å². The first-order chi connectivity index (χ1) is 49.3. The van der Waals surface area contributed by atoms with Gasteiger partial charge >= 0.3 is 0 Å². The molecule has 0 radical (unpaired) electrons. The van der Waals surface area contributed by atoms with E-state index < -0.39 is 11.2 Å². The van der Waals surface area contributed by atoms with E-state index in [0.29, 0.717) is 26.4 Å². The molecule has 0 amide bonds. The second-order valence-corrected chi connectivity index (χ2v) is 30.8. The third-order valence-electron chi connectivity index (χ3n) is 20.5. The number of hydrogen-bond donors (Lipinski definition) is 2. The molecular formula is C92H128O6S2. The largest absolute Gasteiger partial charge is 0.494 e. The monoisotopic (exact) mass is 1390 g/mol. The molecule has 0 spiro atoms. The second kappa shape index (κ2) is 46.7. The molecule has 6 aromatic carbocycles. The maximum absolute atomic E-state index is 13.7. The number of thiophene rings is 2. The molecule has 0 unspecified atom stereocenters. The minimum Gasteiger partial charge on any atom is -0.494 e. The summed E-state index contributed by atoms with van der Waals surface area (Å²) in [7, 11) is 0. The van der Waals surface area contributed by atoms with Crippen molar-refractivity contribution in [2.45, 2.75) is 296 Å². The predicted octanol–water partition coefficient (Wildman–Crippen LogP) is 28.1. The van der Waals surface area contributed by atoms with E-state index in [-0.39, 0.29) is 0 Å². The fourth-order valence-electron chi connectivity index (χ4n) is 14.4. The Morgan fingerprint density at radius 3 is 0.670 bits per heavy atom. The van der Waals surface area contributed by atoms with Crippen LogP contribution < -0.4 is 18.9 Å². The highest BCUT2D eigenvalue weighted by Gasteiger charge is 2.38. The molecule has 0 aliphatic rings. The van der Waals surface area contributed by atoms with Crippen LogP contribution in [0.1, 0.15) is 318 Å². The summed E-state index contributed by atoms with van der Waals surface area (Å²) < 4.78 is 27.7. The smallest absolute Gasteiger partial charge is 0.141 e. The van der Waals surface area contributed by atoms with Crippen LogP contribution in [-0.2, 0) is 11.2 Å². The number of fused-ring (bicyclic) bond motifs is 1. The molecule has 8 rings (SSSR count). The van der Waals surface area contributed by atoms with E-state index in [9.17, 15) is 10.2 Å². The Balaban J connectivity index is 1.01. The second-order valence-electron chi connectivity index (χ2n) is 28.7. The molecule has 0 fully saturated rings. The Bertz CT molecular complexity index is 3010. The molecule has 0 bridgehead atoms. The van der Waals surface area contributed by atoms with Crippen LogP contribution in [0.15, 0.2) is 158 Å². The number of unbranched alkanes of at least 4 members (excludes halogenated alkanes) is 36. The lowest BCUT2D eigenvalue weighted by molar-refractivity contribution is 0.126. The number of hydrogen-bond acceptors (Lipinski definition) is 8. The summed E-state index contributed by atoms with van der Waals surface area (Å²) in [5.74, 6) is 3.26. The Morgan fingerprint density at radius 2 is 0.450 bits per heavy atom. The SMILES string of the molecule is CCCCCCCCCCCCOc1ccc(C(O)(c2ccc(OCCCCCCCCCCCC)cc2)c2ccccc2-c2cc3sc(-c4ccccc4C(O)(c4ccc(OCCCCCCCCCCCC)cc4)c4ccc(OCCCCCCCCCCCC)cc4)cc3s2)cc1. The maximum Gasteiger partial charge on any atom is 0.141 e. The molecule has 2 N–H and O–H groups in total. The predicted molar refractivity (Wildman–Crippen MR) is 430 cm³/mol. The Morgan fingerprint density at radius 1 is 0.250 bits per heavy atom. The van der Waals surface area contributed by atoms with E-state index in [2.05, 4.69) is 76.2 Å². The van der Waals surface area contributed by atoms with Gasteiger partial charge in [0.15, 0.2) is 0 Å². The minimum atomic E-state index is -1.51. The van der Waals surface area contributed by atoms with Crippen molar-refractivity contribution in [3.05, 3.63) is 191 Å². The zero-order valence-electron chi connectivity index (χ0n) is 62.5. The van der Waals surface area contributed by atoms with Gasteiger partial charge in [-0.05, 0) is 120 Å². The number of ether oxygens (including phenoxy) is 4. The van der Waals surface area contributed by atoms with Crippen LogP contribution in [0.5, 0.6) is 23.0 Å². The normalized spacial score (nSPS) is 11.9. The van der Waals surface area contributed by atoms with Gasteiger partial charge in [0.25, 0.3) is 0 Å². The topological polar surface area (TPSA) is 77.4 Å². The number of rotatable bonds is 56. The third kappa shape index (κ3) is 25.8. The van der Waals surface area contributed by atoms with Gasteiger partial charge in [-0.25, -0.2) is 0 Å². The standard InChI is InChI=1S/C92H128O6S2/c1-5-9-13-17-21-25-29-33-37-45-69-95-79-61-53-75(54-62-79)91(93,76-55-63-80(64-56-76)96-70-46-38-34-30-26-22-18-14-10-6-2)85-51-43-41-49-83(85)87-73-89-90(99-87)74-88(100-89)84-50-42-44-52-86(84)92(94,77-57-65-81(66-58-77)97-71-47-39-35-31-27-23-19-15-11-7-3)78-59-67-82(68-60-78)98-72-48-40-36-32-28-24-20-16-12-8-4/h41-44,49-68,73-74,93-94H,5-40,45-48,69-72H2,1-4H3. The van der Waals surface area contributed by atoms with Crippen molar-refractivity contribution in [3.63, 3.8) is 0 Å². The van der Waals surface area contributed by atoms with E-state index in [1.54, 1.807) is 22.7 Å². The highest BCUT2D eigenvalue weighted by molar-refractivity contribution is 7.31. The van der Waals surface area contributed by atoms with Gasteiger partial charge in [-0.15, -0.1) is 22.7 Å². The van der Waals surface area contributed by atoms with Crippen LogP contribution >= 0.6 is 22.7 Å². The van der Waals surface area contributed by atoms with Crippen molar-refractivity contribution in [2.75, 3.05) is 26.4 Å². The van der Waals surface area contributed by atoms with Gasteiger partial charge in [0.1, 0.15) is 34.2 Å². The van der Waals surface area contributed by atoms with Crippen LogP contribution in [-0.4, -0.2) is 36.6 Å². The summed E-state index contributed by atoms with van der Waals surface area (Å²) in [6, 6.07) is 53.9. The molecular weight excluding hydrogens is 1270 g/mol. The average molecular weight is 1390 g/mol. The first-order valence-electron chi connectivity index (χ1n) is 40.4. The molecule has 544 valence electrons. The molecule has 6 nitrogen and oxygen atoms in total. The quantitative estimate of drug-likeness (QED) is 0.0292. The van der Waals surface area contributed by atoms with Crippen LogP contribution in [0, 0.1) is 0 Å². The van der Waals surface area contributed by atoms with Gasteiger partial charge in [-0.3, -0.25) is 0 Å².